The summed E-state index contributed by atoms with van der Waals surface area (Å²) >= 11 is 5.95. The molecule has 1 aliphatic carbocycles. The van der Waals surface area contributed by atoms with Crippen LogP contribution in [0.2, 0.25) is 5.02 Å². The molecule has 1 saturated carbocycles. The fourth-order valence-corrected chi connectivity index (χ4v) is 3.64. The lowest BCUT2D eigenvalue weighted by Gasteiger charge is -2.30. The van der Waals surface area contributed by atoms with Gasteiger partial charge in [0, 0.05) is 17.7 Å². The van der Waals surface area contributed by atoms with Crippen LogP contribution in [0.3, 0.4) is 0 Å². The van der Waals surface area contributed by atoms with Crippen LogP contribution in [0.1, 0.15) is 50.0 Å². The number of hydrogen-bond donors (Lipinski definition) is 2. The summed E-state index contributed by atoms with van der Waals surface area (Å²) in [6, 6.07) is 8.26. The summed E-state index contributed by atoms with van der Waals surface area (Å²) in [6.45, 7) is 4.50. The molecule has 1 aliphatic rings. The van der Waals surface area contributed by atoms with Crippen LogP contribution in [0.25, 0.3) is 5.69 Å². The third-order valence-electron chi connectivity index (χ3n) is 5.00. The van der Waals surface area contributed by atoms with Gasteiger partial charge in [-0.2, -0.15) is 0 Å². The van der Waals surface area contributed by atoms with E-state index in [0.29, 0.717) is 23.6 Å². The van der Waals surface area contributed by atoms with Crippen molar-refractivity contribution in [3.63, 3.8) is 0 Å². The highest BCUT2D eigenvalue weighted by atomic mass is 35.5. The van der Waals surface area contributed by atoms with E-state index in [1.54, 1.807) is 0 Å². The molecule has 0 spiro atoms. The van der Waals surface area contributed by atoms with E-state index < -0.39 is 0 Å². The number of benzene rings is 1. The van der Waals surface area contributed by atoms with Gasteiger partial charge in [-0.1, -0.05) is 16.8 Å². The molecule has 0 saturated heterocycles. The minimum Gasteiger partial charge on any atom is -0.396 e. The van der Waals surface area contributed by atoms with E-state index in [9.17, 15) is 5.11 Å². The average molecular weight is 349 g/mol. The molecule has 1 fully saturated rings. The number of nitrogens with one attached hydrogen (secondary N) is 1. The molecule has 24 heavy (non-hydrogen) atoms. The molecular formula is C18H25ClN4O. The average Bonchev–Trinajstić information content (AvgIpc) is 2.98. The molecule has 6 heteroatoms. The van der Waals surface area contributed by atoms with Gasteiger partial charge >= 0.3 is 0 Å². The SMILES string of the molecule is Cc1c(C(C)NC2CCC(CO)CC2)nnn1-c1ccc(Cl)cc1. The van der Waals surface area contributed by atoms with Crippen LogP contribution >= 0.6 is 11.6 Å². The minimum atomic E-state index is 0.154. The lowest BCUT2D eigenvalue weighted by atomic mass is 9.86. The standard InChI is InChI=1S/C18H25ClN4O/c1-12(20-16-7-3-14(11-24)4-8-16)18-13(2)23(22-21-18)17-9-5-15(19)6-10-17/h5-6,9-10,12,14,16,20,24H,3-4,7-8,11H2,1-2H3. The maximum Gasteiger partial charge on any atom is 0.103 e. The highest BCUT2D eigenvalue weighted by Gasteiger charge is 2.24. The molecule has 1 heterocycles. The fraction of sp³-hybridized carbons (Fsp3) is 0.556. The van der Waals surface area contributed by atoms with Crippen molar-refractivity contribution in [2.24, 2.45) is 5.92 Å². The van der Waals surface area contributed by atoms with Gasteiger partial charge in [-0.25, -0.2) is 4.68 Å². The summed E-state index contributed by atoms with van der Waals surface area (Å²) in [5, 5.41) is 22.3. The molecule has 1 atom stereocenters. The lowest BCUT2D eigenvalue weighted by Crippen LogP contribution is -2.35. The van der Waals surface area contributed by atoms with Gasteiger partial charge in [0.15, 0.2) is 0 Å². The molecule has 3 rings (SSSR count). The van der Waals surface area contributed by atoms with E-state index in [2.05, 4.69) is 22.6 Å². The van der Waals surface area contributed by atoms with E-state index in [0.717, 1.165) is 42.8 Å². The molecule has 2 N–H and O–H groups in total. The van der Waals surface area contributed by atoms with E-state index in [-0.39, 0.29) is 6.04 Å². The quantitative estimate of drug-likeness (QED) is 0.869. The number of aliphatic hydroxyl groups excluding tert-OH is 1. The minimum absolute atomic E-state index is 0.154. The predicted octanol–water partition coefficient (Wildman–Crippen LogP) is 3.43. The zero-order chi connectivity index (χ0) is 17.1. The Bertz CT molecular complexity index is 662. The number of rotatable bonds is 5. The number of aromatic nitrogens is 3. The first-order chi connectivity index (χ1) is 11.6. The lowest BCUT2D eigenvalue weighted by molar-refractivity contribution is 0.172. The van der Waals surface area contributed by atoms with Gasteiger partial charge in [-0.05, 0) is 69.7 Å². The first-order valence-electron chi connectivity index (χ1n) is 8.63. The predicted molar refractivity (Wildman–Crippen MR) is 95.5 cm³/mol. The molecule has 1 aromatic carbocycles. The Kier molecular flexibility index (Phi) is 5.54. The number of halogens is 1. The molecular weight excluding hydrogens is 324 g/mol. The van der Waals surface area contributed by atoms with Gasteiger partial charge in [-0.3, -0.25) is 0 Å². The first kappa shape index (κ1) is 17.4. The molecule has 0 bridgehead atoms. The van der Waals surface area contributed by atoms with Gasteiger partial charge in [0.2, 0.25) is 0 Å². The second-order valence-electron chi connectivity index (χ2n) is 6.74. The molecule has 1 aromatic heterocycles. The number of aliphatic hydroxyl groups is 1. The highest BCUT2D eigenvalue weighted by Crippen LogP contribution is 2.26. The summed E-state index contributed by atoms with van der Waals surface area (Å²) in [7, 11) is 0. The summed E-state index contributed by atoms with van der Waals surface area (Å²) in [6.07, 6.45) is 4.41. The van der Waals surface area contributed by atoms with E-state index in [1.807, 2.05) is 35.9 Å². The number of hydrogen-bond acceptors (Lipinski definition) is 4. The van der Waals surface area contributed by atoms with Crippen LogP contribution < -0.4 is 5.32 Å². The number of nitrogens with zero attached hydrogens (tertiary/aromatic N) is 3. The molecule has 5 nitrogen and oxygen atoms in total. The van der Waals surface area contributed by atoms with Crippen LogP contribution in [0.15, 0.2) is 24.3 Å². The normalized spacial score (nSPS) is 22.5. The van der Waals surface area contributed by atoms with Crippen LogP contribution in [-0.2, 0) is 0 Å². The van der Waals surface area contributed by atoms with E-state index >= 15 is 0 Å². The second-order valence-corrected chi connectivity index (χ2v) is 7.17. The Morgan fingerprint density at radius 3 is 2.54 bits per heavy atom. The van der Waals surface area contributed by atoms with E-state index in [1.165, 1.54) is 0 Å². The molecule has 1 unspecified atom stereocenters. The maximum atomic E-state index is 9.25. The van der Waals surface area contributed by atoms with Gasteiger partial charge in [0.1, 0.15) is 5.69 Å². The van der Waals surface area contributed by atoms with Crippen molar-refractivity contribution in [1.82, 2.24) is 20.3 Å². The molecule has 130 valence electrons. The van der Waals surface area contributed by atoms with Gasteiger partial charge in [0.05, 0.1) is 17.4 Å². The zero-order valence-corrected chi connectivity index (χ0v) is 15.0. The molecule has 0 amide bonds. The van der Waals surface area contributed by atoms with Crippen LogP contribution in [0.5, 0.6) is 0 Å². The fourth-order valence-electron chi connectivity index (χ4n) is 3.51. The zero-order valence-electron chi connectivity index (χ0n) is 14.2. The summed E-state index contributed by atoms with van der Waals surface area (Å²) in [4.78, 5) is 0. The summed E-state index contributed by atoms with van der Waals surface area (Å²) in [5.41, 5.74) is 2.99. The van der Waals surface area contributed by atoms with Gasteiger partial charge in [-0.15, -0.1) is 5.10 Å². The summed E-state index contributed by atoms with van der Waals surface area (Å²) < 4.78 is 1.85. The van der Waals surface area contributed by atoms with Crippen LogP contribution in [0.4, 0.5) is 0 Å². The van der Waals surface area contributed by atoms with Crippen molar-refractivity contribution in [3.05, 3.63) is 40.7 Å². The first-order valence-corrected chi connectivity index (χ1v) is 9.01. The van der Waals surface area contributed by atoms with Crippen LogP contribution in [-0.4, -0.2) is 32.7 Å². The highest BCUT2D eigenvalue weighted by molar-refractivity contribution is 6.30. The largest absolute Gasteiger partial charge is 0.396 e. The Morgan fingerprint density at radius 2 is 1.92 bits per heavy atom. The third kappa shape index (κ3) is 3.79. The van der Waals surface area contributed by atoms with Crippen molar-refractivity contribution in [2.75, 3.05) is 6.61 Å². The van der Waals surface area contributed by atoms with Crippen molar-refractivity contribution >= 4 is 11.6 Å². The van der Waals surface area contributed by atoms with Crippen LogP contribution in [0, 0.1) is 12.8 Å². The monoisotopic (exact) mass is 348 g/mol. The van der Waals surface area contributed by atoms with Crippen molar-refractivity contribution in [3.8, 4) is 5.69 Å². The smallest absolute Gasteiger partial charge is 0.103 e. The molecule has 0 aliphatic heterocycles. The molecule has 2 aromatic rings. The maximum absolute atomic E-state index is 9.25. The van der Waals surface area contributed by atoms with Gasteiger partial charge < -0.3 is 10.4 Å². The van der Waals surface area contributed by atoms with Crippen molar-refractivity contribution in [2.45, 2.75) is 51.6 Å². The van der Waals surface area contributed by atoms with Crippen molar-refractivity contribution in [1.29, 1.82) is 0 Å². The summed E-state index contributed by atoms with van der Waals surface area (Å²) in [5.74, 6) is 0.478. The Labute approximate surface area is 148 Å². The second kappa shape index (κ2) is 7.64. The Balaban J connectivity index is 1.68. The molecule has 0 radical (unpaired) electrons. The van der Waals surface area contributed by atoms with Crippen molar-refractivity contribution < 1.29 is 5.11 Å². The van der Waals surface area contributed by atoms with Gasteiger partial charge in [0.25, 0.3) is 0 Å². The van der Waals surface area contributed by atoms with E-state index in [4.69, 9.17) is 11.6 Å². The topological polar surface area (TPSA) is 63.0 Å². The third-order valence-corrected chi connectivity index (χ3v) is 5.25. The Hall–Kier alpha value is -1.43. The Morgan fingerprint density at radius 1 is 1.25 bits per heavy atom.